The third-order valence-corrected chi connectivity index (χ3v) is 4.02. The molecule has 1 aliphatic rings. The Morgan fingerprint density at radius 2 is 1.86 bits per heavy atom. The Hall–Kier alpha value is -1.84. The van der Waals surface area contributed by atoms with Crippen molar-refractivity contribution in [1.29, 1.82) is 0 Å². The van der Waals surface area contributed by atoms with Crippen LogP contribution < -0.4 is 10.1 Å². The van der Waals surface area contributed by atoms with E-state index in [4.69, 9.17) is 16.3 Å². The fourth-order valence-corrected chi connectivity index (χ4v) is 2.66. The highest BCUT2D eigenvalue weighted by Gasteiger charge is 2.15. The SMILES string of the molecule is O=C(Cc1ccc(OC2CCNC2)cc1)c1ccc(Cl)cc1. The molecule has 1 saturated heterocycles. The molecule has 2 aromatic carbocycles. The van der Waals surface area contributed by atoms with E-state index in [1.165, 1.54) is 0 Å². The quantitative estimate of drug-likeness (QED) is 0.858. The third-order valence-electron chi connectivity index (χ3n) is 3.77. The van der Waals surface area contributed by atoms with E-state index in [0.29, 0.717) is 17.0 Å². The van der Waals surface area contributed by atoms with Crippen molar-refractivity contribution in [2.24, 2.45) is 0 Å². The summed E-state index contributed by atoms with van der Waals surface area (Å²) in [5.74, 6) is 0.946. The molecule has 1 unspecified atom stereocenters. The van der Waals surface area contributed by atoms with Gasteiger partial charge in [0.2, 0.25) is 0 Å². The number of rotatable bonds is 5. The van der Waals surface area contributed by atoms with Crippen LogP contribution in [-0.4, -0.2) is 25.0 Å². The van der Waals surface area contributed by atoms with Crippen LogP contribution in [0.3, 0.4) is 0 Å². The van der Waals surface area contributed by atoms with E-state index in [1.807, 2.05) is 24.3 Å². The van der Waals surface area contributed by atoms with Gasteiger partial charge in [-0.3, -0.25) is 4.79 Å². The molecule has 4 heteroatoms. The molecule has 0 aromatic heterocycles. The van der Waals surface area contributed by atoms with Crippen LogP contribution in [0.4, 0.5) is 0 Å². The van der Waals surface area contributed by atoms with Gasteiger partial charge >= 0.3 is 0 Å². The summed E-state index contributed by atoms with van der Waals surface area (Å²) in [6.07, 6.45) is 1.67. The van der Waals surface area contributed by atoms with Gasteiger partial charge in [0.25, 0.3) is 0 Å². The molecule has 1 heterocycles. The summed E-state index contributed by atoms with van der Waals surface area (Å²) in [5.41, 5.74) is 1.67. The highest BCUT2D eigenvalue weighted by Crippen LogP contribution is 2.18. The Morgan fingerprint density at radius 3 is 2.50 bits per heavy atom. The lowest BCUT2D eigenvalue weighted by Gasteiger charge is -2.12. The fourth-order valence-electron chi connectivity index (χ4n) is 2.53. The summed E-state index contributed by atoms with van der Waals surface area (Å²) in [7, 11) is 0. The van der Waals surface area contributed by atoms with Crippen molar-refractivity contribution >= 4 is 17.4 Å². The predicted molar refractivity (Wildman–Crippen MR) is 87.8 cm³/mol. The first-order chi connectivity index (χ1) is 10.7. The molecule has 1 fully saturated rings. The van der Waals surface area contributed by atoms with Gasteiger partial charge in [-0.2, -0.15) is 0 Å². The zero-order valence-electron chi connectivity index (χ0n) is 12.2. The molecular weight excluding hydrogens is 298 g/mol. The fraction of sp³-hybridized carbons (Fsp3) is 0.278. The minimum atomic E-state index is 0.0883. The van der Waals surface area contributed by atoms with Crippen LogP contribution in [0.1, 0.15) is 22.3 Å². The Labute approximate surface area is 135 Å². The molecule has 0 radical (unpaired) electrons. The predicted octanol–water partition coefficient (Wildman–Crippen LogP) is 3.51. The summed E-state index contributed by atoms with van der Waals surface area (Å²) in [5, 5.41) is 3.91. The lowest BCUT2D eigenvalue weighted by atomic mass is 10.0. The van der Waals surface area contributed by atoms with Crippen LogP contribution >= 0.6 is 11.6 Å². The van der Waals surface area contributed by atoms with Crippen molar-refractivity contribution in [2.45, 2.75) is 18.9 Å². The van der Waals surface area contributed by atoms with Crippen LogP contribution in [0, 0.1) is 0 Å². The van der Waals surface area contributed by atoms with Gasteiger partial charge in [-0.25, -0.2) is 0 Å². The van der Waals surface area contributed by atoms with Gasteiger partial charge in [-0.1, -0.05) is 23.7 Å². The second-order valence-electron chi connectivity index (χ2n) is 5.48. The Balaban J connectivity index is 1.60. The minimum absolute atomic E-state index is 0.0883. The second kappa shape index (κ2) is 6.95. The topological polar surface area (TPSA) is 38.3 Å². The average molecular weight is 316 g/mol. The highest BCUT2D eigenvalue weighted by atomic mass is 35.5. The monoisotopic (exact) mass is 315 g/mol. The lowest BCUT2D eigenvalue weighted by Crippen LogP contribution is -2.19. The van der Waals surface area contributed by atoms with Crippen LogP contribution in [0.15, 0.2) is 48.5 Å². The number of hydrogen-bond acceptors (Lipinski definition) is 3. The third kappa shape index (κ3) is 3.87. The van der Waals surface area contributed by atoms with Crippen molar-refractivity contribution in [2.75, 3.05) is 13.1 Å². The van der Waals surface area contributed by atoms with Gasteiger partial charge in [0, 0.05) is 23.6 Å². The zero-order valence-corrected chi connectivity index (χ0v) is 13.0. The standard InChI is InChI=1S/C18H18ClNO2/c19-15-5-3-14(4-6-15)18(21)11-13-1-7-16(8-2-13)22-17-9-10-20-12-17/h1-8,17,20H,9-12H2. The van der Waals surface area contributed by atoms with E-state index in [9.17, 15) is 4.79 Å². The lowest BCUT2D eigenvalue weighted by molar-refractivity contribution is 0.0993. The number of hydrogen-bond donors (Lipinski definition) is 1. The molecule has 1 N–H and O–H groups in total. The number of benzene rings is 2. The smallest absolute Gasteiger partial charge is 0.167 e. The molecule has 0 spiro atoms. The van der Waals surface area contributed by atoms with Gasteiger partial charge in [0.1, 0.15) is 11.9 Å². The Bertz CT molecular complexity index is 631. The van der Waals surface area contributed by atoms with Crippen LogP contribution in [-0.2, 0) is 6.42 Å². The minimum Gasteiger partial charge on any atom is -0.489 e. The summed E-state index contributed by atoms with van der Waals surface area (Å²) in [4.78, 5) is 12.2. The number of carbonyl (C=O) groups is 1. The van der Waals surface area contributed by atoms with Crippen molar-refractivity contribution in [3.8, 4) is 5.75 Å². The van der Waals surface area contributed by atoms with Crippen LogP contribution in [0.5, 0.6) is 5.75 Å². The van der Waals surface area contributed by atoms with Gasteiger partial charge in [0.15, 0.2) is 5.78 Å². The van der Waals surface area contributed by atoms with E-state index in [2.05, 4.69) is 5.32 Å². The molecule has 114 valence electrons. The maximum absolute atomic E-state index is 12.2. The van der Waals surface area contributed by atoms with Crippen LogP contribution in [0.25, 0.3) is 0 Å². The van der Waals surface area contributed by atoms with Gasteiger partial charge in [-0.15, -0.1) is 0 Å². The number of carbonyl (C=O) groups excluding carboxylic acids is 1. The number of Topliss-reactive ketones (excluding diaryl/α,β-unsaturated/α-hetero) is 1. The Kier molecular flexibility index (Phi) is 4.76. The molecule has 3 nitrogen and oxygen atoms in total. The van der Waals surface area contributed by atoms with E-state index >= 15 is 0 Å². The molecule has 1 aliphatic heterocycles. The number of ether oxygens (including phenoxy) is 1. The first-order valence-corrected chi connectivity index (χ1v) is 7.83. The maximum Gasteiger partial charge on any atom is 0.167 e. The summed E-state index contributed by atoms with van der Waals surface area (Å²) in [6, 6.07) is 14.8. The molecule has 0 aliphatic carbocycles. The van der Waals surface area contributed by atoms with Gasteiger partial charge in [-0.05, 0) is 54.9 Å². The molecule has 0 amide bonds. The van der Waals surface area contributed by atoms with Gasteiger partial charge in [0.05, 0.1) is 0 Å². The van der Waals surface area contributed by atoms with Crippen molar-refractivity contribution in [3.63, 3.8) is 0 Å². The molecule has 0 saturated carbocycles. The first-order valence-electron chi connectivity index (χ1n) is 7.46. The van der Waals surface area contributed by atoms with E-state index in [1.54, 1.807) is 24.3 Å². The molecule has 22 heavy (non-hydrogen) atoms. The molecule has 1 atom stereocenters. The normalized spacial score (nSPS) is 17.4. The summed E-state index contributed by atoms with van der Waals surface area (Å²) in [6.45, 7) is 1.91. The van der Waals surface area contributed by atoms with Crippen molar-refractivity contribution < 1.29 is 9.53 Å². The average Bonchev–Trinajstić information content (AvgIpc) is 3.03. The Morgan fingerprint density at radius 1 is 1.14 bits per heavy atom. The van der Waals surface area contributed by atoms with E-state index in [-0.39, 0.29) is 11.9 Å². The number of nitrogens with one attached hydrogen (secondary N) is 1. The van der Waals surface area contributed by atoms with Crippen molar-refractivity contribution in [3.05, 3.63) is 64.7 Å². The first kappa shape index (κ1) is 15.1. The van der Waals surface area contributed by atoms with Gasteiger partial charge < -0.3 is 10.1 Å². The van der Waals surface area contributed by atoms with Crippen LogP contribution in [0.2, 0.25) is 5.02 Å². The van der Waals surface area contributed by atoms with E-state index < -0.39 is 0 Å². The molecule has 3 rings (SSSR count). The van der Waals surface area contributed by atoms with Crippen molar-refractivity contribution in [1.82, 2.24) is 5.32 Å². The zero-order chi connectivity index (χ0) is 15.4. The number of halogens is 1. The molecule has 0 bridgehead atoms. The molecular formula is C18H18ClNO2. The highest BCUT2D eigenvalue weighted by molar-refractivity contribution is 6.30. The second-order valence-corrected chi connectivity index (χ2v) is 5.92. The summed E-state index contributed by atoms with van der Waals surface area (Å²) >= 11 is 5.83. The molecule has 2 aromatic rings. The summed E-state index contributed by atoms with van der Waals surface area (Å²) < 4.78 is 5.87. The largest absolute Gasteiger partial charge is 0.489 e. The number of ketones is 1. The van der Waals surface area contributed by atoms with E-state index in [0.717, 1.165) is 30.8 Å². The maximum atomic E-state index is 12.2.